The Balaban J connectivity index is 1.87. The van der Waals surface area contributed by atoms with Crippen molar-refractivity contribution in [1.29, 1.82) is 0 Å². The number of benzene rings is 1. The van der Waals surface area contributed by atoms with Crippen molar-refractivity contribution in [2.24, 2.45) is 5.92 Å². The summed E-state index contributed by atoms with van der Waals surface area (Å²) in [6.45, 7) is 6.20. The molecule has 1 heterocycles. The molecule has 0 spiro atoms. The molecule has 0 amide bonds. The number of nitrogens with zero attached hydrogens (tertiary/aromatic N) is 2. The first-order chi connectivity index (χ1) is 14.0. The Morgan fingerprint density at radius 1 is 1.03 bits per heavy atom. The smallest absolute Gasteiger partial charge is 0.210 e. The maximum atomic E-state index is 9.88. The van der Waals surface area contributed by atoms with Gasteiger partial charge in [0.1, 0.15) is 0 Å². The van der Waals surface area contributed by atoms with E-state index in [0.717, 1.165) is 23.2 Å². The summed E-state index contributed by atoms with van der Waals surface area (Å²) in [5.74, 6) is 0.450. The van der Waals surface area contributed by atoms with E-state index < -0.39 is 6.10 Å². The molecule has 0 aliphatic heterocycles. The quantitative estimate of drug-likeness (QED) is 0.475. The van der Waals surface area contributed by atoms with E-state index in [9.17, 15) is 15.3 Å². The maximum Gasteiger partial charge on any atom is 0.210 e. The van der Waals surface area contributed by atoms with E-state index in [1.807, 2.05) is 36.4 Å². The highest BCUT2D eigenvalue weighted by molar-refractivity contribution is 5.70. The van der Waals surface area contributed by atoms with Crippen LogP contribution in [-0.4, -0.2) is 59.3 Å². The zero-order valence-corrected chi connectivity index (χ0v) is 17.2. The van der Waals surface area contributed by atoms with Gasteiger partial charge in [0.2, 0.25) is 5.88 Å². The number of hydrogen-bond acceptors (Lipinski definition) is 6. The van der Waals surface area contributed by atoms with Crippen molar-refractivity contribution >= 4 is 17.8 Å². The topological polar surface area (TPSA) is 86.1 Å². The zero-order chi connectivity index (χ0) is 21.1. The molecule has 6 heteroatoms. The van der Waals surface area contributed by atoms with Gasteiger partial charge < -0.3 is 25.0 Å². The van der Waals surface area contributed by atoms with Crippen LogP contribution in [0.15, 0.2) is 42.6 Å². The molecule has 0 aliphatic rings. The van der Waals surface area contributed by atoms with E-state index >= 15 is 0 Å². The largest absolute Gasteiger partial charge is 0.493 e. The summed E-state index contributed by atoms with van der Waals surface area (Å²) in [6.07, 6.45) is 5.82. The van der Waals surface area contributed by atoms with Crippen molar-refractivity contribution < 1.29 is 20.1 Å². The second-order valence-corrected chi connectivity index (χ2v) is 7.44. The van der Waals surface area contributed by atoms with Crippen molar-refractivity contribution in [2.75, 3.05) is 37.8 Å². The molecule has 0 aliphatic carbocycles. The van der Waals surface area contributed by atoms with Crippen LogP contribution < -0.4 is 4.90 Å². The van der Waals surface area contributed by atoms with Crippen molar-refractivity contribution in [3.05, 3.63) is 53.7 Å². The molecule has 1 atom stereocenters. The van der Waals surface area contributed by atoms with Gasteiger partial charge in [-0.3, -0.25) is 0 Å². The van der Waals surface area contributed by atoms with Crippen LogP contribution in [0, 0.1) is 5.92 Å². The van der Waals surface area contributed by atoms with Crippen molar-refractivity contribution in [3.63, 3.8) is 0 Å². The number of ether oxygens (including phenoxy) is 1. The van der Waals surface area contributed by atoms with Gasteiger partial charge in [0.15, 0.2) is 0 Å². The Kier molecular flexibility index (Phi) is 9.64. The molecule has 0 saturated heterocycles. The summed E-state index contributed by atoms with van der Waals surface area (Å²) in [6, 6.07) is 11.4. The van der Waals surface area contributed by atoms with Gasteiger partial charge in [-0.2, -0.15) is 0 Å². The molecular weight excluding hydrogens is 368 g/mol. The molecule has 2 rings (SSSR count). The van der Waals surface area contributed by atoms with Gasteiger partial charge in [-0.1, -0.05) is 38.1 Å². The lowest BCUT2D eigenvalue weighted by Gasteiger charge is -2.24. The maximum absolute atomic E-state index is 9.88. The third-order valence-electron chi connectivity index (χ3n) is 4.43. The predicted octanol–water partition coefficient (Wildman–Crippen LogP) is 3.18. The van der Waals surface area contributed by atoms with E-state index in [4.69, 9.17) is 4.74 Å². The summed E-state index contributed by atoms with van der Waals surface area (Å²) < 4.78 is 5.61. The second kappa shape index (κ2) is 12.2. The molecule has 0 bridgehead atoms. The highest BCUT2D eigenvalue weighted by atomic mass is 16.5. The minimum absolute atomic E-state index is 0.00823. The van der Waals surface area contributed by atoms with Gasteiger partial charge in [-0.05, 0) is 41.7 Å². The number of rotatable bonds is 12. The van der Waals surface area contributed by atoms with Crippen molar-refractivity contribution in [1.82, 2.24) is 4.98 Å². The number of aromatic nitrogens is 1. The Bertz CT molecular complexity index is 730. The third-order valence-corrected chi connectivity index (χ3v) is 4.43. The average molecular weight is 401 g/mol. The second-order valence-electron chi connectivity index (χ2n) is 7.44. The molecule has 1 aromatic heterocycles. The minimum atomic E-state index is -0.434. The Labute approximate surface area is 173 Å². The normalized spacial score (nSPS) is 12.6. The molecule has 0 radical (unpaired) electrons. The lowest BCUT2D eigenvalue weighted by atomic mass is 10.1. The first-order valence-corrected chi connectivity index (χ1v) is 10.0. The predicted molar refractivity (Wildman–Crippen MR) is 117 cm³/mol. The summed E-state index contributed by atoms with van der Waals surface area (Å²) in [5, 5.41) is 28.5. The first kappa shape index (κ1) is 22.9. The van der Waals surface area contributed by atoms with Gasteiger partial charge in [0, 0.05) is 31.0 Å². The number of aliphatic hydroxyl groups excluding tert-OH is 2. The number of anilines is 1. The van der Waals surface area contributed by atoms with E-state index in [0.29, 0.717) is 32.2 Å². The highest BCUT2D eigenvalue weighted by Gasteiger charge is 2.09. The fourth-order valence-electron chi connectivity index (χ4n) is 2.98. The Morgan fingerprint density at radius 3 is 2.34 bits per heavy atom. The molecule has 158 valence electrons. The summed E-state index contributed by atoms with van der Waals surface area (Å²) in [5.41, 5.74) is 2.96. The van der Waals surface area contributed by atoms with Crippen molar-refractivity contribution in [2.45, 2.75) is 26.4 Å². The summed E-state index contributed by atoms with van der Waals surface area (Å²) in [4.78, 5) is 5.92. The van der Waals surface area contributed by atoms with Crippen LogP contribution in [0.4, 0.5) is 5.69 Å². The van der Waals surface area contributed by atoms with Gasteiger partial charge in [0.05, 0.1) is 25.9 Å². The van der Waals surface area contributed by atoms with Crippen LogP contribution >= 0.6 is 0 Å². The molecule has 2 aromatic rings. The molecule has 29 heavy (non-hydrogen) atoms. The van der Waals surface area contributed by atoms with Crippen LogP contribution in [0.25, 0.3) is 12.2 Å². The van der Waals surface area contributed by atoms with E-state index in [1.54, 1.807) is 18.3 Å². The zero-order valence-electron chi connectivity index (χ0n) is 17.2. The molecule has 1 aromatic carbocycles. The van der Waals surface area contributed by atoms with E-state index in [1.165, 1.54) is 0 Å². The lowest BCUT2D eigenvalue weighted by molar-refractivity contribution is 0.0290. The number of hydrogen-bond donors (Lipinski definition) is 3. The number of aliphatic hydroxyl groups is 2. The summed E-state index contributed by atoms with van der Waals surface area (Å²) >= 11 is 0. The Morgan fingerprint density at radius 2 is 1.72 bits per heavy atom. The molecule has 1 unspecified atom stereocenters. The summed E-state index contributed by atoms with van der Waals surface area (Å²) in [7, 11) is 0. The SMILES string of the molecule is CC(C)CC(O)COCCN(CCO)c1ccc(/C=C/c2ccc(O)nc2)cc1. The van der Waals surface area contributed by atoms with Crippen LogP contribution in [0.5, 0.6) is 5.88 Å². The molecule has 3 N–H and O–H groups in total. The molecule has 0 saturated carbocycles. The first-order valence-electron chi connectivity index (χ1n) is 10.0. The minimum Gasteiger partial charge on any atom is -0.493 e. The number of pyridine rings is 1. The van der Waals surface area contributed by atoms with Gasteiger partial charge in [-0.25, -0.2) is 4.98 Å². The molecular formula is C23H32N2O4. The highest BCUT2D eigenvalue weighted by Crippen LogP contribution is 2.17. The van der Waals surface area contributed by atoms with Gasteiger partial charge in [0.25, 0.3) is 0 Å². The molecule has 0 fully saturated rings. The van der Waals surface area contributed by atoms with Crippen LogP contribution in [-0.2, 0) is 4.74 Å². The third kappa shape index (κ3) is 8.64. The average Bonchev–Trinajstić information content (AvgIpc) is 2.70. The van der Waals surface area contributed by atoms with E-state index in [-0.39, 0.29) is 12.5 Å². The fourth-order valence-corrected chi connectivity index (χ4v) is 2.98. The van der Waals surface area contributed by atoms with Crippen LogP contribution in [0.1, 0.15) is 31.4 Å². The molecule has 6 nitrogen and oxygen atoms in total. The fraction of sp³-hybridized carbons (Fsp3) is 0.435. The van der Waals surface area contributed by atoms with Crippen molar-refractivity contribution in [3.8, 4) is 5.88 Å². The monoisotopic (exact) mass is 400 g/mol. The lowest BCUT2D eigenvalue weighted by Crippen LogP contribution is -2.31. The van der Waals surface area contributed by atoms with Crippen LogP contribution in [0.3, 0.4) is 0 Å². The van der Waals surface area contributed by atoms with Gasteiger partial charge >= 0.3 is 0 Å². The van der Waals surface area contributed by atoms with Crippen LogP contribution in [0.2, 0.25) is 0 Å². The van der Waals surface area contributed by atoms with Gasteiger partial charge in [-0.15, -0.1) is 0 Å². The Hall–Kier alpha value is -2.41. The number of aromatic hydroxyl groups is 1. The standard InChI is InChI=1S/C23H32N2O4/c1-18(2)15-22(27)17-29-14-12-25(11-13-26)21-8-5-19(6-9-21)3-4-20-7-10-23(28)24-16-20/h3-10,16,18,22,26-27H,11-15,17H2,1-2H3,(H,24,28)/b4-3+. The van der Waals surface area contributed by atoms with E-state index in [2.05, 4.69) is 23.7 Å².